The molecule has 0 bridgehead atoms. The largest absolute Gasteiger partial charge is 0.357 e. The highest BCUT2D eigenvalue weighted by molar-refractivity contribution is 5.93. The van der Waals surface area contributed by atoms with Gasteiger partial charge in [0.2, 0.25) is 0 Å². The van der Waals surface area contributed by atoms with E-state index in [1.807, 2.05) is 35.2 Å². The number of benzene rings is 1. The van der Waals surface area contributed by atoms with Gasteiger partial charge < -0.3 is 20.6 Å². The molecule has 6 N–H and O–H groups in total. The number of carbonyl (C=O) groups is 1. The molecule has 1 fully saturated rings. The van der Waals surface area contributed by atoms with Crippen molar-refractivity contribution in [3.8, 4) is 0 Å². The molecular weight excluding hydrogens is 342 g/mol. The van der Waals surface area contributed by atoms with Crippen molar-refractivity contribution in [2.45, 2.75) is 25.4 Å². The number of amides is 2. The third-order valence-corrected chi connectivity index (χ3v) is 4.73. The number of nitrogens with one attached hydrogen (secondary N) is 4. The molecule has 2 amide bonds. The molecule has 1 aliphatic heterocycles. The molecule has 2 heterocycles. The number of urea groups is 1. The Labute approximate surface area is 158 Å². The van der Waals surface area contributed by atoms with Crippen LogP contribution in [-0.2, 0) is 6.54 Å². The maximum absolute atomic E-state index is 12.4. The number of hydrogen-bond donors (Lipinski definition) is 5. The third-order valence-electron chi connectivity index (χ3n) is 4.73. The van der Waals surface area contributed by atoms with Crippen LogP contribution in [0.25, 0.3) is 10.9 Å². The van der Waals surface area contributed by atoms with Gasteiger partial charge in [0.15, 0.2) is 0 Å². The molecule has 142 valence electrons. The molecule has 1 saturated heterocycles. The first kappa shape index (κ1) is 18.7. The monoisotopic (exact) mass is 367 g/mol. The average molecular weight is 367 g/mol. The first-order valence-electron chi connectivity index (χ1n) is 8.97. The summed E-state index contributed by atoms with van der Waals surface area (Å²) in [6.45, 7) is 1.63. The molecule has 1 aromatic heterocycles. The van der Waals surface area contributed by atoms with Gasteiger partial charge in [-0.3, -0.25) is 10.4 Å². The first-order valence-corrected chi connectivity index (χ1v) is 8.97. The van der Waals surface area contributed by atoms with Crippen LogP contribution in [0, 0.1) is 10.8 Å². The van der Waals surface area contributed by atoms with Crippen molar-refractivity contribution in [3.05, 3.63) is 48.2 Å². The Hall–Kier alpha value is -3.13. The Kier molecular flexibility index (Phi) is 5.87. The van der Waals surface area contributed by atoms with Crippen molar-refractivity contribution in [1.82, 2.24) is 20.2 Å². The number of carbonyl (C=O) groups excluding carboxylic acids is 1. The van der Waals surface area contributed by atoms with E-state index in [1.54, 1.807) is 6.08 Å². The number of fused-ring (bicyclic) bond motifs is 1. The Morgan fingerprint density at radius 3 is 3.04 bits per heavy atom. The highest BCUT2D eigenvalue weighted by Gasteiger charge is 2.27. The minimum absolute atomic E-state index is 0.157. The Morgan fingerprint density at radius 1 is 1.44 bits per heavy atom. The van der Waals surface area contributed by atoms with Crippen molar-refractivity contribution >= 4 is 29.0 Å². The number of allylic oxidation sites excluding steroid dienone is 1. The van der Waals surface area contributed by atoms with Gasteiger partial charge in [-0.1, -0.05) is 18.2 Å². The molecule has 2 aromatic rings. The first-order chi connectivity index (χ1) is 13.1. The number of H-pyrrole nitrogens is 1. The second kappa shape index (κ2) is 8.50. The maximum atomic E-state index is 12.4. The second-order valence-electron chi connectivity index (χ2n) is 6.60. The second-order valence-corrected chi connectivity index (χ2v) is 6.60. The van der Waals surface area contributed by atoms with Crippen molar-refractivity contribution in [2.24, 2.45) is 5.84 Å². The standard InChI is InChI=1S/C19H25N7O/c20-9-3-8-18(21)25-10-4-6-16(13-25)26(22)19(27)23-12-15-11-14-5-1-2-7-17(14)24-15/h1-3,5,7-9,11,16,20-21,24H,4,6,10,12-13,22H2,(H,23,27)/b8-3-,20-9?,21-18?/t16-/m1/s1. The molecule has 27 heavy (non-hydrogen) atoms. The lowest BCUT2D eigenvalue weighted by Crippen LogP contribution is -2.56. The molecule has 3 rings (SSSR count). The van der Waals surface area contributed by atoms with Crippen LogP contribution in [0.15, 0.2) is 42.5 Å². The summed E-state index contributed by atoms with van der Waals surface area (Å²) in [5, 5.41) is 20.3. The van der Waals surface area contributed by atoms with E-state index in [4.69, 9.17) is 16.7 Å². The Balaban J connectivity index is 1.55. The van der Waals surface area contributed by atoms with Gasteiger partial charge in [-0.2, -0.15) is 0 Å². The number of amidine groups is 1. The zero-order valence-corrected chi connectivity index (χ0v) is 15.1. The van der Waals surface area contributed by atoms with E-state index in [1.165, 1.54) is 11.1 Å². The van der Waals surface area contributed by atoms with Crippen molar-refractivity contribution in [1.29, 1.82) is 10.8 Å². The zero-order chi connectivity index (χ0) is 19.2. The van der Waals surface area contributed by atoms with E-state index in [2.05, 4.69) is 10.3 Å². The lowest BCUT2D eigenvalue weighted by molar-refractivity contribution is 0.139. The quantitative estimate of drug-likeness (QED) is 0.183. The van der Waals surface area contributed by atoms with Gasteiger partial charge in [0.1, 0.15) is 5.84 Å². The summed E-state index contributed by atoms with van der Waals surface area (Å²) >= 11 is 0. The van der Waals surface area contributed by atoms with Crippen molar-refractivity contribution in [3.63, 3.8) is 0 Å². The normalized spacial score (nSPS) is 17.2. The molecular formula is C19H25N7O. The number of likely N-dealkylation sites (tertiary alicyclic amines) is 1. The topological polar surface area (TPSA) is 125 Å². The van der Waals surface area contributed by atoms with Gasteiger partial charge in [0.25, 0.3) is 0 Å². The number of nitrogens with two attached hydrogens (primary N) is 1. The molecule has 0 unspecified atom stereocenters. The van der Waals surface area contributed by atoms with E-state index < -0.39 is 0 Å². The molecule has 0 radical (unpaired) electrons. The molecule has 8 heteroatoms. The number of piperidine rings is 1. The minimum Gasteiger partial charge on any atom is -0.357 e. The predicted octanol–water partition coefficient (Wildman–Crippen LogP) is 2.20. The third kappa shape index (κ3) is 4.53. The number of para-hydroxylation sites is 1. The summed E-state index contributed by atoms with van der Waals surface area (Å²) in [5.74, 6) is 6.38. The van der Waals surface area contributed by atoms with Crippen LogP contribution in [0.3, 0.4) is 0 Å². The molecule has 0 saturated carbocycles. The number of hydrogen-bond acceptors (Lipinski definition) is 4. The number of aromatic amines is 1. The summed E-state index contributed by atoms with van der Waals surface area (Å²) in [6.07, 6.45) is 5.89. The van der Waals surface area contributed by atoms with Gasteiger partial charge in [-0.15, -0.1) is 0 Å². The van der Waals surface area contributed by atoms with E-state index in [0.29, 0.717) is 18.9 Å². The number of nitrogens with zero attached hydrogens (tertiary/aromatic N) is 2. The van der Waals surface area contributed by atoms with Crippen LogP contribution >= 0.6 is 0 Å². The van der Waals surface area contributed by atoms with E-state index in [0.717, 1.165) is 42.2 Å². The van der Waals surface area contributed by atoms with Gasteiger partial charge >= 0.3 is 6.03 Å². The zero-order valence-electron chi connectivity index (χ0n) is 15.1. The fourth-order valence-electron chi connectivity index (χ4n) is 3.30. The van der Waals surface area contributed by atoms with E-state index in [-0.39, 0.29) is 12.1 Å². The lowest BCUT2D eigenvalue weighted by Gasteiger charge is -2.37. The Bertz CT molecular complexity index is 824. The summed E-state index contributed by atoms with van der Waals surface area (Å²) in [6, 6.07) is 9.48. The summed E-state index contributed by atoms with van der Waals surface area (Å²) in [5.41, 5.74) is 1.95. The summed E-state index contributed by atoms with van der Waals surface area (Å²) in [4.78, 5) is 17.6. The summed E-state index contributed by atoms with van der Waals surface area (Å²) < 4.78 is 0. The van der Waals surface area contributed by atoms with Crippen LogP contribution in [0.1, 0.15) is 18.5 Å². The number of aromatic nitrogens is 1. The number of rotatable bonds is 5. The molecule has 1 aliphatic rings. The van der Waals surface area contributed by atoms with Crippen molar-refractivity contribution < 1.29 is 4.79 Å². The van der Waals surface area contributed by atoms with Crippen LogP contribution in [0.4, 0.5) is 4.79 Å². The minimum atomic E-state index is -0.331. The fourth-order valence-corrected chi connectivity index (χ4v) is 3.30. The molecule has 8 nitrogen and oxygen atoms in total. The van der Waals surface area contributed by atoms with Gasteiger partial charge in [0.05, 0.1) is 12.6 Å². The van der Waals surface area contributed by atoms with E-state index >= 15 is 0 Å². The molecule has 1 aromatic carbocycles. The highest BCUT2D eigenvalue weighted by Crippen LogP contribution is 2.16. The van der Waals surface area contributed by atoms with Gasteiger partial charge in [-0.05, 0) is 42.5 Å². The van der Waals surface area contributed by atoms with Crippen molar-refractivity contribution in [2.75, 3.05) is 13.1 Å². The predicted molar refractivity (Wildman–Crippen MR) is 107 cm³/mol. The van der Waals surface area contributed by atoms with Crippen LogP contribution in [0.2, 0.25) is 0 Å². The lowest BCUT2D eigenvalue weighted by atomic mass is 10.1. The maximum Gasteiger partial charge on any atom is 0.332 e. The fraction of sp³-hybridized carbons (Fsp3) is 0.316. The number of hydrazine groups is 1. The van der Waals surface area contributed by atoms with Gasteiger partial charge in [0, 0.05) is 30.5 Å². The SMILES string of the molecule is N=C/C=C\C(=N)N1CCC[C@@H](N(N)C(=O)NCc2cc3ccccc3[nH]2)C1. The average Bonchev–Trinajstić information content (AvgIpc) is 3.12. The van der Waals surface area contributed by atoms with Gasteiger partial charge in [-0.25, -0.2) is 10.6 Å². The van der Waals surface area contributed by atoms with Crippen LogP contribution < -0.4 is 11.2 Å². The van der Waals surface area contributed by atoms with Crippen LogP contribution in [-0.4, -0.2) is 52.1 Å². The molecule has 0 aliphatic carbocycles. The summed E-state index contributed by atoms with van der Waals surface area (Å²) in [7, 11) is 0. The molecule has 1 atom stereocenters. The Morgan fingerprint density at radius 2 is 2.26 bits per heavy atom. The smallest absolute Gasteiger partial charge is 0.332 e. The van der Waals surface area contributed by atoms with Crippen LogP contribution in [0.5, 0.6) is 0 Å². The highest BCUT2D eigenvalue weighted by atomic mass is 16.2. The molecule has 0 spiro atoms. The van der Waals surface area contributed by atoms with E-state index in [9.17, 15) is 4.79 Å².